The van der Waals surface area contributed by atoms with E-state index in [4.69, 9.17) is 0 Å². The van der Waals surface area contributed by atoms with Crippen molar-refractivity contribution >= 4 is 16.7 Å². The maximum atomic E-state index is 4.51. The first-order valence-corrected chi connectivity index (χ1v) is 5.97. The van der Waals surface area contributed by atoms with E-state index in [1.54, 1.807) is 6.20 Å². The van der Waals surface area contributed by atoms with Crippen molar-refractivity contribution in [1.29, 1.82) is 0 Å². The molecule has 0 amide bonds. The zero-order chi connectivity index (χ0) is 12.1. The summed E-state index contributed by atoms with van der Waals surface area (Å²) in [6, 6.07) is 4.04. The Morgan fingerprint density at radius 2 is 2.41 bits per heavy atom. The Balaban J connectivity index is 2.48. The number of allylic oxidation sites excluding steroid dienone is 1. The minimum Gasteiger partial charge on any atom is -0.345 e. The zero-order valence-corrected chi connectivity index (χ0v) is 10.3. The molecule has 0 aliphatic carbocycles. The molecule has 0 bridgehead atoms. The number of aromatic nitrogens is 2. The van der Waals surface area contributed by atoms with Crippen LogP contribution < -0.4 is 0 Å². The van der Waals surface area contributed by atoms with Crippen LogP contribution in [0.15, 0.2) is 41.8 Å². The number of aromatic amines is 1. The highest BCUT2D eigenvalue weighted by Crippen LogP contribution is 2.18. The van der Waals surface area contributed by atoms with Gasteiger partial charge in [-0.3, -0.25) is 4.99 Å². The van der Waals surface area contributed by atoms with Crippen LogP contribution in [-0.2, 0) is 0 Å². The van der Waals surface area contributed by atoms with E-state index in [2.05, 4.69) is 28.0 Å². The van der Waals surface area contributed by atoms with Crippen LogP contribution in [0.2, 0.25) is 0 Å². The second-order valence-corrected chi connectivity index (χ2v) is 3.91. The average Bonchev–Trinajstić information content (AvgIpc) is 2.78. The van der Waals surface area contributed by atoms with Crippen molar-refractivity contribution < 1.29 is 0 Å². The average molecular weight is 227 g/mol. The van der Waals surface area contributed by atoms with Crippen molar-refractivity contribution in [2.45, 2.75) is 26.7 Å². The molecule has 17 heavy (non-hydrogen) atoms. The summed E-state index contributed by atoms with van der Waals surface area (Å²) in [7, 11) is 0. The van der Waals surface area contributed by atoms with Gasteiger partial charge in [0, 0.05) is 35.3 Å². The quantitative estimate of drug-likeness (QED) is 0.795. The molecule has 0 aliphatic heterocycles. The van der Waals surface area contributed by atoms with Crippen LogP contribution in [0.5, 0.6) is 0 Å². The number of rotatable bonds is 4. The number of pyridine rings is 1. The van der Waals surface area contributed by atoms with Gasteiger partial charge in [-0.25, -0.2) is 4.98 Å². The predicted octanol–water partition coefficient (Wildman–Crippen LogP) is 3.69. The normalized spacial score (nSPS) is 12.7. The molecule has 3 nitrogen and oxygen atoms in total. The number of hydrogen-bond donors (Lipinski definition) is 1. The lowest BCUT2D eigenvalue weighted by atomic mass is 10.1. The molecule has 0 spiro atoms. The van der Waals surface area contributed by atoms with Gasteiger partial charge < -0.3 is 4.98 Å². The van der Waals surface area contributed by atoms with Crippen LogP contribution >= 0.6 is 0 Å². The van der Waals surface area contributed by atoms with E-state index in [0.29, 0.717) is 0 Å². The summed E-state index contributed by atoms with van der Waals surface area (Å²) in [5.41, 5.74) is 3.20. The number of nitrogens with zero attached hydrogens (tertiary/aromatic N) is 2. The van der Waals surface area contributed by atoms with E-state index < -0.39 is 0 Å². The molecule has 2 heterocycles. The third-order valence-electron chi connectivity index (χ3n) is 2.63. The van der Waals surface area contributed by atoms with Gasteiger partial charge in [-0.15, -0.1) is 0 Å². The first kappa shape index (κ1) is 11.6. The van der Waals surface area contributed by atoms with E-state index in [0.717, 1.165) is 35.2 Å². The van der Waals surface area contributed by atoms with Gasteiger partial charge in [-0.1, -0.05) is 19.4 Å². The molecular formula is C14H17N3. The summed E-state index contributed by atoms with van der Waals surface area (Å²) < 4.78 is 0. The summed E-state index contributed by atoms with van der Waals surface area (Å²) >= 11 is 0. The standard InChI is InChI=1S/C14H17N3/c1-3-6-13(15-8-4-2)12-10-17-14-11(12)7-5-9-16-14/h4-5,7-10H,3,6H2,1-2H3,(H,16,17)/b8-4-,15-13?. The molecule has 1 N–H and O–H groups in total. The molecule has 0 fully saturated rings. The SMILES string of the molecule is C/C=C\N=C(CCC)c1c[nH]c2ncccc12. The van der Waals surface area contributed by atoms with Crippen LogP contribution in [0, 0.1) is 0 Å². The van der Waals surface area contributed by atoms with Crippen LogP contribution in [0.1, 0.15) is 32.3 Å². The van der Waals surface area contributed by atoms with Crippen molar-refractivity contribution in [2.75, 3.05) is 0 Å². The van der Waals surface area contributed by atoms with Crippen molar-refractivity contribution in [3.05, 3.63) is 42.4 Å². The molecule has 0 unspecified atom stereocenters. The predicted molar refractivity (Wildman–Crippen MR) is 72.4 cm³/mol. The lowest BCUT2D eigenvalue weighted by Gasteiger charge is -2.02. The van der Waals surface area contributed by atoms with Crippen LogP contribution in [0.4, 0.5) is 0 Å². The van der Waals surface area contributed by atoms with Gasteiger partial charge in [0.15, 0.2) is 0 Å². The summed E-state index contributed by atoms with van der Waals surface area (Å²) in [5, 5.41) is 1.14. The monoisotopic (exact) mass is 227 g/mol. The van der Waals surface area contributed by atoms with E-state index in [9.17, 15) is 0 Å². The highest BCUT2D eigenvalue weighted by atomic mass is 14.8. The second-order valence-electron chi connectivity index (χ2n) is 3.91. The van der Waals surface area contributed by atoms with Gasteiger partial charge in [0.1, 0.15) is 5.65 Å². The lowest BCUT2D eigenvalue weighted by molar-refractivity contribution is 0.992. The zero-order valence-electron chi connectivity index (χ0n) is 10.3. The third kappa shape index (κ3) is 2.44. The summed E-state index contributed by atoms with van der Waals surface area (Å²) in [4.78, 5) is 12.0. The number of hydrogen-bond acceptors (Lipinski definition) is 2. The van der Waals surface area contributed by atoms with E-state index in [-0.39, 0.29) is 0 Å². The smallest absolute Gasteiger partial charge is 0.137 e. The van der Waals surface area contributed by atoms with Crippen molar-refractivity contribution in [2.24, 2.45) is 4.99 Å². The fourth-order valence-electron chi connectivity index (χ4n) is 1.86. The van der Waals surface area contributed by atoms with Crippen LogP contribution in [0.3, 0.4) is 0 Å². The Morgan fingerprint density at radius 1 is 1.53 bits per heavy atom. The molecule has 0 saturated heterocycles. The molecule has 0 atom stereocenters. The van der Waals surface area contributed by atoms with Crippen molar-refractivity contribution in [3.63, 3.8) is 0 Å². The maximum absolute atomic E-state index is 4.51. The molecule has 2 aromatic rings. The molecular weight excluding hydrogens is 210 g/mol. The van der Waals surface area contributed by atoms with Gasteiger partial charge in [-0.05, 0) is 25.5 Å². The minimum atomic E-state index is 0.923. The Hall–Kier alpha value is -1.90. The topological polar surface area (TPSA) is 41.0 Å². The first-order valence-electron chi connectivity index (χ1n) is 5.97. The first-order chi connectivity index (χ1) is 8.36. The van der Waals surface area contributed by atoms with Gasteiger partial charge in [-0.2, -0.15) is 0 Å². The van der Waals surface area contributed by atoms with Gasteiger partial charge in [0.05, 0.1) is 0 Å². The summed E-state index contributed by atoms with van der Waals surface area (Å²) in [6.07, 6.45) is 9.65. The summed E-state index contributed by atoms with van der Waals surface area (Å²) in [6.45, 7) is 4.14. The molecule has 2 rings (SSSR count). The van der Waals surface area contributed by atoms with E-state index in [1.165, 1.54) is 0 Å². The fourth-order valence-corrected chi connectivity index (χ4v) is 1.86. The summed E-state index contributed by atoms with van der Waals surface area (Å²) in [5.74, 6) is 0. The van der Waals surface area contributed by atoms with E-state index >= 15 is 0 Å². The molecule has 0 saturated carbocycles. The molecule has 3 heteroatoms. The van der Waals surface area contributed by atoms with Crippen LogP contribution in [-0.4, -0.2) is 15.7 Å². The lowest BCUT2D eigenvalue weighted by Crippen LogP contribution is -1.98. The minimum absolute atomic E-state index is 0.923. The fraction of sp³-hybridized carbons (Fsp3) is 0.286. The molecule has 88 valence electrons. The number of nitrogens with one attached hydrogen (secondary N) is 1. The third-order valence-corrected chi connectivity index (χ3v) is 2.63. The number of H-pyrrole nitrogens is 1. The highest BCUT2D eigenvalue weighted by molar-refractivity contribution is 6.10. The number of aliphatic imine (C=N–C) groups is 1. The van der Waals surface area contributed by atoms with Crippen molar-refractivity contribution in [3.8, 4) is 0 Å². The molecule has 0 radical (unpaired) electrons. The number of fused-ring (bicyclic) bond motifs is 1. The Labute approximate surface area is 101 Å². The van der Waals surface area contributed by atoms with Crippen molar-refractivity contribution in [1.82, 2.24) is 9.97 Å². The van der Waals surface area contributed by atoms with Gasteiger partial charge in [0.25, 0.3) is 0 Å². The Kier molecular flexibility index (Phi) is 3.70. The molecule has 2 aromatic heterocycles. The van der Waals surface area contributed by atoms with E-state index in [1.807, 2.05) is 31.5 Å². The second kappa shape index (κ2) is 5.43. The highest BCUT2D eigenvalue weighted by Gasteiger charge is 2.09. The largest absolute Gasteiger partial charge is 0.345 e. The molecule has 0 aromatic carbocycles. The van der Waals surface area contributed by atoms with Crippen LogP contribution in [0.25, 0.3) is 11.0 Å². The molecule has 0 aliphatic rings. The Bertz CT molecular complexity index is 549. The van der Waals surface area contributed by atoms with Gasteiger partial charge >= 0.3 is 0 Å². The Morgan fingerprint density at radius 3 is 3.18 bits per heavy atom. The maximum Gasteiger partial charge on any atom is 0.137 e. The van der Waals surface area contributed by atoms with Gasteiger partial charge in [0.2, 0.25) is 0 Å².